The number of rotatable bonds is 4. The predicted octanol–water partition coefficient (Wildman–Crippen LogP) is 4.54. The summed E-state index contributed by atoms with van der Waals surface area (Å²) in [6.45, 7) is 9.18. The first kappa shape index (κ1) is 15.8. The molecule has 0 saturated carbocycles. The molecule has 1 aromatic heterocycles. The van der Waals surface area contributed by atoms with Crippen LogP contribution in [0.15, 0.2) is 27.4 Å². The highest BCUT2D eigenvalue weighted by molar-refractivity contribution is 8.01. The molecule has 0 unspecified atom stereocenters. The quantitative estimate of drug-likeness (QED) is 0.894. The average molecular weight is 328 g/mol. The van der Waals surface area contributed by atoms with Crippen molar-refractivity contribution in [1.29, 1.82) is 0 Å². The summed E-state index contributed by atoms with van der Waals surface area (Å²) in [5, 5.41) is 4.24. The predicted molar refractivity (Wildman–Crippen MR) is 86.8 cm³/mol. The SMILES string of the molecule is Cc1nsc(Sc2cc(Cl)ccc2CNC(C)(C)C)n1. The maximum Gasteiger partial charge on any atom is 0.174 e. The highest BCUT2D eigenvalue weighted by atomic mass is 35.5. The van der Waals surface area contributed by atoms with Gasteiger partial charge in [-0.15, -0.1) is 0 Å². The van der Waals surface area contributed by atoms with Crippen LogP contribution in [0, 0.1) is 6.92 Å². The smallest absolute Gasteiger partial charge is 0.174 e. The van der Waals surface area contributed by atoms with E-state index in [0.29, 0.717) is 0 Å². The van der Waals surface area contributed by atoms with Crippen molar-refractivity contribution in [3.05, 3.63) is 34.6 Å². The van der Waals surface area contributed by atoms with Crippen molar-refractivity contribution in [2.75, 3.05) is 0 Å². The summed E-state index contributed by atoms with van der Waals surface area (Å²) in [7, 11) is 0. The van der Waals surface area contributed by atoms with Crippen LogP contribution in [0.4, 0.5) is 0 Å². The summed E-state index contributed by atoms with van der Waals surface area (Å²) >= 11 is 9.15. The fourth-order valence-electron chi connectivity index (χ4n) is 1.54. The Kier molecular flexibility index (Phi) is 5.07. The molecule has 0 fully saturated rings. The molecule has 0 bridgehead atoms. The standard InChI is InChI=1S/C14H18ClN3S2/c1-9-17-13(20-18-9)19-12-7-11(15)6-5-10(12)8-16-14(2,3)4/h5-7,16H,8H2,1-4H3. The topological polar surface area (TPSA) is 37.8 Å². The van der Waals surface area contributed by atoms with Crippen LogP contribution in [0.3, 0.4) is 0 Å². The van der Waals surface area contributed by atoms with Gasteiger partial charge in [0.25, 0.3) is 0 Å². The third kappa shape index (κ3) is 4.74. The van der Waals surface area contributed by atoms with E-state index in [1.54, 1.807) is 11.8 Å². The van der Waals surface area contributed by atoms with E-state index < -0.39 is 0 Å². The molecule has 0 saturated heterocycles. The summed E-state index contributed by atoms with van der Waals surface area (Å²) in [4.78, 5) is 5.52. The molecule has 3 nitrogen and oxygen atoms in total. The monoisotopic (exact) mass is 327 g/mol. The van der Waals surface area contributed by atoms with Crippen molar-refractivity contribution >= 4 is 34.9 Å². The van der Waals surface area contributed by atoms with Gasteiger partial charge in [-0.3, -0.25) is 0 Å². The molecule has 20 heavy (non-hydrogen) atoms. The van der Waals surface area contributed by atoms with E-state index in [1.807, 2.05) is 19.1 Å². The van der Waals surface area contributed by atoms with Gasteiger partial charge < -0.3 is 5.32 Å². The van der Waals surface area contributed by atoms with Crippen molar-refractivity contribution in [3.8, 4) is 0 Å². The van der Waals surface area contributed by atoms with Crippen LogP contribution in [0.5, 0.6) is 0 Å². The minimum Gasteiger partial charge on any atom is -0.308 e. The zero-order chi connectivity index (χ0) is 14.8. The Bertz CT molecular complexity index is 590. The zero-order valence-electron chi connectivity index (χ0n) is 12.0. The molecular formula is C14H18ClN3S2. The number of hydrogen-bond donors (Lipinski definition) is 1. The van der Waals surface area contributed by atoms with Gasteiger partial charge in [0.15, 0.2) is 4.34 Å². The molecular weight excluding hydrogens is 310 g/mol. The van der Waals surface area contributed by atoms with Crippen LogP contribution in [0.25, 0.3) is 0 Å². The van der Waals surface area contributed by atoms with Crippen molar-refractivity contribution in [2.45, 2.75) is 49.0 Å². The Hall–Kier alpha value is -0.620. The molecule has 0 aliphatic carbocycles. The minimum absolute atomic E-state index is 0.0842. The van der Waals surface area contributed by atoms with E-state index in [2.05, 4.69) is 41.5 Å². The van der Waals surface area contributed by atoms with Crippen LogP contribution in [0.2, 0.25) is 5.02 Å². The average Bonchev–Trinajstić information content (AvgIpc) is 2.72. The fraction of sp³-hybridized carbons (Fsp3) is 0.429. The van der Waals surface area contributed by atoms with Crippen LogP contribution < -0.4 is 5.32 Å². The van der Waals surface area contributed by atoms with Gasteiger partial charge >= 0.3 is 0 Å². The molecule has 0 atom stereocenters. The number of nitrogens with one attached hydrogen (secondary N) is 1. The largest absolute Gasteiger partial charge is 0.308 e. The van der Waals surface area contributed by atoms with Crippen molar-refractivity contribution in [3.63, 3.8) is 0 Å². The number of aromatic nitrogens is 2. The lowest BCUT2D eigenvalue weighted by molar-refractivity contribution is 0.422. The molecule has 2 rings (SSSR count). The van der Waals surface area contributed by atoms with Gasteiger partial charge in [0.1, 0.15) is 5.82 Å². The van der Waals surface area contributed by atoms with Gasteiger partial charge in [-0.1, -0.05) is 29.4 Å². The molecule has 1 heterocycles. The molecule has 0 radical (unpaired) electrons. The Morgan fingerprint density at radius 1 is 1.35 bits per heavy atom. The van der Waals surface area contributed by atoms with Crippen LogP contribution in [-0.2, 0) is 6.54 Å². The maximum atomic E-state index is 6.11. The lowest BCUT2D eigenvalue weighted by atomic mass is 10.1. The Morgan fingerprint density at radius 2 is 2.10 bits per heavy atom. The van der Waals surface area contributed by atoms with Gasteiger partial charge in [-0.05, 0) is 56.9 Å². The maximum absolute atomic E-state index is 6.11. The minimum atomic E-state index is 0.0842. The second-order valence-corrected chi connectivity index (χ2v) is 8.04. The number of nitrogens with zero attached hydrogens (tertiary/aromatic N) is 2. The summed E-state index contributed by atoms with van der Waals surface area (Å²) in [6, 6.07) is 5.98. The van der Waals surface area contributed by atoms with E-state index >= 15 is 0 Å². The van der Waals surface area contributed by atoms with E-state index in [0.717, 1.165) is 26.6 Å². The molecule has 0 amide bonds. The Balaban J connectivity index is 2.19. The molecule has 1 N–H and O–H groups in total. The molecule has 108 valence electrons. The normalized spacial score (nSPS) is 11.8. The number of hydrogen-bond acceptors (Lipinski definition) is 5. The lowest BCUT2D eigenvalue weighted by Crippen LogP contribution is -2.35. The van der Waals surface area contributed by atoms with Gasteiger partial charge in [0, 0.05) is 22.0 Å². The first-order valence-electron chi connectivity index (χ1n) is 6.35. The number of halogens is 1. The van der Waals surface area contributed by atoms with E-state index in [4.69, 9.17) is 11.6 Å². The third-order valence-corrected chi connectivity index (χ3v) is 4.72. The van der Waals surface area contributed by atoms with Crippen molar-refractivity contribution in [1.82, 2.24) is 14.7 Å². The van der Waals surface area contributed by atoms with Gasteiger partial charge in [0.2, 0.25) is 0 Å². The fourth-order valence-corrected chi connectivity index (χ4v) is 3.56. The summed E-state index contributed by atoms with van der Waals surface area (Å²) in [6.07, 6.45) is 0. The van der Waals surface area contributed by atoms with E-state index in [-0.39, 0.29) is 5.54 Å². The van der Waals surface area contributed by atoms with E-state index in [1.165, 1.54) is 17.1 Å². The molecule has 1 aromatic carbocycles. The first-order chi connectivity index (χ1) is 9.33. The van der Waals surface area contributed by atoms with Gasteiger partial charge in [-0.25, -0.2) is 4.98 Å². The number of aryl methyl sites for hydroxylation is 1. The molecule has 6 heteroatoms. The Labute approximate surface area is 133 Å². The van der Waals surface area contributed by atoms with Crippen LogP contribution >= 0.6 is 34.9 Å². The second kappa shape index (κ2) is 6.43. The van der Waals surface area contributed by atoms with Crippen molar-refractivity contribution in [2.24, 2.45) is 0 Å². The number of benzene rings is 1. The highest BCUT2D eigenvalue weighted by Crippen LogP contribution is 2.33. The van der Waals surface area contributed by atoms with E-state index in [9.17, 15) is 0 Å². The zero-order valence-corrected chi connectivity index (χ0v) is 14.4. The van der Waals surface area contributed by atoms with Crippen LogP contribution in [-0.4, -0.2) is 14.9 Å². The second-order valence-electron chi connectivity index (χ2n) is 5.57. The van der Waals surface area contributed by atoms with Gasteiger partial charge in [0.05, 0.1) is 0 Å². The third-order valence-electron chi connectivity index (χ3n) is 2.54. The molecule has 0 spiro atoms. The lowest BCUT2D eigenvalue weighted by Gasteiger charge is -2.21. The summed E-state index contributed by atoms with van der Waals surface area (Å²) in [5.41, 5.74) is 1.31. The molecule has 0 aliphatic rings. The van der Waals surface area contributed by atoms with Gasteiger partial charge in [-0.2, -0.15) is 4.37 Å². The summed E-state index contributed by atoms with van der Waals surface area (Å²) < 4.78 is 5.16. The molecule has 0 aliphatic heterocycles. The summed E-state index contributed by atoms with van der Waals surface area (Å²) in [5.74, 6) is 0.814. The first-order valence-corrected chi connectivity index (χ1v) is 8.32. The Morgan fingerprint density at radius 3 is 2.70 bits per heavy atom. The van der Waals surface area contributed by atoms with Crippen LogP contribution in [0.1, 0.15) is 32.2 Å². The molecule has 2 aromatic rings. The highest BCUT2D eigenvalue weighted by Gasteiger charge is 2.12. The van der Waals surface area contributed by atoms with Crippen molar-refractivity contribution < 1.29 is 0 Å².